The van der Waals surface area contributed by atoms with Crippen LogP contribution in [0.5, 0.6) is 0 Å². The summed E-state index contributed by atoms with van der Waals surface area (Å²) in [4.78, 5) is 56.4. The smallest absolute Gasteiger partial charge is 0.480 e. The van der Waals surface area contributed by atoms with Crippen LogP contribution in [0.25, 0.3) is 0 Å². The van der Waals surface area contributed by atoms with Gasteiger partial charge in [0.05, 0.1) is 0 Å². The molecule has 2 aromatic heterocycles. The largest absolute Gasteiger partial charge is 0.519 e. The van der Waals surface area contributed by atoms with Crippen molar-refractivity contribution >= 4 is 29.1 Å². The SMILES string of the molecule is Cc1oc(=O)oc1COC(=O)N[C@@H](CSC(=O)OCc1oc(=O)oc1C)C(=O)O. The van der Waals surface area contributed by atoms with Crippen LogP contribution in [0.4, 0.5) is 9.59 Å². The monoisotopic (exact) mass is 433 g/mol. The van der Waals surface area contributed by atoms with Crippen LogP contribution in [0.15, 0.2) is 27.3 Å². The second-order valence-electron chi connectivity index (χ2n) is 5.33. The van der Waals surface area contributed by atoms with E-state index in [0.717, 1.165) is 0 Å². The van der Waals surface area contributed by atoms with E-state index in [1.807, 2.05) is 5.32 Å². The molecule has 0 fully saturated rings. The summed E-state index contributed by atoms with van der Waals surface area (Å²) >= 11 is 0.470. The highest BCUT2D eigenvalue weighted by Gasteiger charge is 2.23. The second kappa shape index (κ2) is 9.68. The van der Waals surface area contributed by atoms with Crippen molar-refractivity contribution in [3.63, 3.8) is 0 Å². The summed E-state index contributed by atoms with van der Waals surface area (Å²) in [6, 6.07) is -1.48. The molecule has 1 amide bonds. The number of ether oxygens (including phenoxy) is 2. The van der Waals surface area contributed by atoms with Crippen molar-refractivity contribution in [2.75, 3.05) is 5.75 Å². The number of hydrogen-bond donors (Lipinski definition) is 2. The van der Waals surface area contributed by atoms with Crippen LogP contribution in [0.2, 0.25) is 0 Å². The maximum atomic E-state index is 11.7. The molecule has 0 bridgehead atoms. The van der Waals surface area contributed by atoms with Crippen molar-refractivity contribution < 1.29 is 46.6 Å². The van der Waals surface area contributed by atoms with E-state index in [1.165, 1.54) is 13.8 Å². The van der Waals surface area contributed by atoms with Crippen molar-refractivity contribution in [3.8, 4) is 0 Å². The average Bonchev–Trinajstić information content (AvgIpc) is 3.14. The zero-order valence-corrected chi connectivity index (χ0v) is 15.9. The lowest BCUT2D eigenvalue weighted by Crippen LogP contribution is -2.43. The van der Waals surface area contributed by atoms with Crippen molar-refractivity contribution in [1.82, 2.24) is 5.32 Å². The molecule has 0 aliphatic rings. The van der Waals surface area contributed by atoms with Crippen molar-refractivity contribution in [1.29, 1.82) is 0 Å². The van der Waals surface area contributed by atoms with Gasteiger partial charge in [0.25, 0.3) is 0 Å². The fraction of sp³-hybridized carbons (Fsp3) is 0.400. The summed E-state index contributed by atoms with van der Waals surface area (Å²) in [5.41, 5.74) is 0. The highest BCUT2D eigenvalue weighted by Crippen LogP contribution is 2.13. The van der Waals surface area contributed by atoms with Crippen LogP contribution in [0.3, 0.4) is 0 Å². The van der Waals surface area contributed by atoms with Crippen LogP contribution in [-0.2, 0) is 27.5 Å². The molecule has 0 radical (unpaired) electrons. The lowest BCUT2D eigenvalue weighted by atomic mass is 10.3. The Bertz CT molecular complexity index is 996. The van der Waals surface area contributed by atoms with Gasteiger partial charge in [-0.3, -0.25) is 0 Å². The summed E-state index contributed by atoms with van der Waals surface area (Å²) in [6.45, 7) is 2.01. The number of carbonyl (C=O) groups is 3. The second-order valence-corrected chi connectivity index (χ2v) is 6.28. The third-order valence-corrected chi connectivity index (χ3v) is 4.14. The molecule has 0 aromatic carbocycles. The fourth-order valence-corrected chi connectivity index (χ4v) is 2.49. The summed E-state index contributed by atoms with van der Waals surface area (Å²) < 4.78 is 28.0. The predicted octanol–water partition coefficient (Wildman–Crippen LogP) is 1.15. The third kappa shape index (κ3) is 6.60. The zero-order chi connectivity index (χ0) is 21.6. The molecule has 0 unspecified atom stereocenters. The maximum absolute atomic E-state index is 11.7. The van der Waals surface area contributed by atoms with Crippen molar-refractivity contribution in [2.24, 2.45) is 0 Å². The number of hydrogen-bond acceptors (Lipinski definition) is 12. The number of carbonyl (C=O) groups excluding carboxylic acids is 2. The van der Waals surface area contributed by atoms with E-state index in [0.29, 0.717) is 11.8 Å². The number of amides is 1. The number of aliphatic carboxylic acids is 1. The molecule has 29 heavy (non-hydrogen) atoms. The molecule has 2 rings (SSSR count). The number of nitrogens with one attached hydrogen (secondary N) is 1. The normalized spacial score (nSPS) is 11.7. The van der Waals surface area contributed by atoms with Gasteiger partial charge in [-0.05, 0) is 25.6 Å². The standard InChI is InChI=1S/C15H15NO12S/c1-6-9(27-13(20)25-6)3-23-12(19)16-8(11(17)18)5-29-15(22)24-4-10-7(2)26-14(21)28-10/h8H,3-5H2,1-2H3,(H,16,19)(H,17,18)/t8-/m0/s1. The first kappa shape index (κ1) is 21.9. The van der Waals surface area contributed by atoms with E-state index >= 15 is 0 Å². The first-order valence-electron chi connectivity index (χ1n) is 7.80. The van der Waals surface area contributed by atoms with Gasteiger partial charge in [-0.25, -0.2) is 24.0 Å². The topological polar surface area (TPSA) is 189 Å². The number of rotatable bonds is 8. The molecule has 13 nitrogen and oxygen atoms in total. The van der Waals surface area contributed by atoms with Gasteiger partial charge < -0.3 is 37.6 Å². The highest BCUT2D eigenvalue weighted by molar-refractivity contribution is 8.13. The molecular weight excluding hydrogens is 418 g/mol. The molecule has 158 valence electrons. The van der Waals surface area contributed by atoms with E-state index in [4.69, 9.17) is 14.6 Å². The van der Waals surface area contributed by atoms with Gasteiger partial charge >= 0.3 is 29.0 Å². The first-order valence-corrected chi connectivity index (χ1v) is 8.78. The average molecular weight is 433 g/mol. The van der Waals surface area contributed by atoms with Crippen molar-refractivity contribution in [2.45, 2.75) is 33.1 Å². The summed E-state index contributed by atoms with van der Waals surface area (Å²) in [7, 11) is 0. The zero-order valence-electron chi connectivity index (χ0n) is 15.0. The van der Waals surface area contributed by atoms with E-state index < -0.39 is 41.7 Å². The minimum absolute atomic E-state index is 0.0154. The van der Waals surface area contributed by atoms with Gasteiger partial charge in [-0.1, -0.05) is 0 Å². The van der Waals surface area contributed by atoms with E-state index in [2.05, 4.69) is 17.7 Å². The van der Waals surface area contributed by atoms with Gasteiger partial charge in [0.1, 0.15) is 6.04 Å². The lowest BCUT2D eigenvalue weighted by molar-refractivity contribution is -0.138. The van der Waals surface area contributed by atoms with Gasteiger partial charge in [0.2, 0.25) is 0 Å². The van der Waals surface area contributed by atoms with Crippen LogP contribution in [0, 0.1) is 13.8 Å². The number of thioether (sulfide) groups is 1. The van der Waals surface area contributed by atoms with Gasteiger partial charge in [0.15, 0.2) is 36.3 Å². The molecule has 0 spiro atoms. The molecule has 2 aromatic rings. The number of carboxylic acids is 1. The van der Waals surface area contributed by atoms with E-state index in [-0.39, 0.29) is 35.4 Å². The highest BCUT2D eigenvalue weighted by atomic mass is 32.2. The molecule has 0 aliphatic heterocycles. The first-order chi connectivity index (χ1) is 13.7. The van der Waals surface area contributed by atoms with E-state index in [9.17, 15) is 24.0 Å². The van der Waals surface area contributed by atoms with Crippen molar-refractivity contribution in [3.05, 3.63) is 44.3 Å². The number of carboxylic acid groups (broad SMARTS) is 1. The Labute approximate surface area is 164 Å². The molecule has 14 heteroatoms. The Morgan fingerprint density at radius 2 is 1.48 bits per heavy atom. The Morgan fingerprint density at radius 3 is 1.93 bits per heavy atom. The minimum atomic E-state index is -1.48. The quantitative estimate of drug-likeness (QED) is 0.564. The molecule has 0 saturated carbocycles. The van der Waals surface area contributed by atoms with Gasteiger partial charge in [0, 0.05) is 5.75 Å². The number of aryl methyl sites for hydroxylation is 2. The Balaban J connectivity index is 1.78. The fourth-order valence-electron chi connectivity index (χ4n) is 1.82. The molecule has 0 aliphatic carbocycles. The van der Waals surface area contributed by atoms with Crippen LogP contribution in [0.1, 0.15) is 23.0 Å². The lowest BCUT2D eigenvalue weighted by Gasteiger charge is -2.13. The van der Waals surface area contributed by atoms with Crippen LogP contribution in [-0.4, -0.2) is 34.3 Å². The van der Waals surface area contributed by atoms with Crippen LogP contribution >= 0.6 is 11.8 Å². The maximum Gasteiger partial charge on any atom is 0.519 e. The molecule has 1 atom stereocenters. The molecule has 2 heterocycles. The Kier molecular flexibility index (Phi) is 7.30. The minimum Gasteiger partial charge on any atom is -0.480 e. The third-order valence-electron chi connectivity index (χ3n) is 3.28. The van der Waals surface area contributed by atoms with Crippen LogP contribution < -0.4 is 17.0 Å². The Morgan fingerprint density at radius 1 is 0.966 bits per heavy atom. The number of alkyl carbamates (subject to hydrolysis) is 1. The molecule has 0 saturated heterocycles. The predicted molar refractivity (Wildman–Crippen MR) is 91.3 cm³/mol. The summed E-state index contributed by atoms with van der Waals surface area (Å²) in [5.74, 6) is -3.48. The van der Waals surface area contributed by atoms with E-state index in [1.54, 1.807) is 0 Å². The summed E-state index contributed by atoms with van der Waals surface area (Å²) in [6.07, 6.45) is -1.12. The van der Waals surface area contributed by atoms with Gasteiger partial charge in [-0.2, -0.15) is 0 Å². The Hall–Kier alpha value is -3.42. The molecular formula is C15H15NO12S. The summed E-state index contributed by atoms with van der Waals surface area (Å²) in [5, 5.41) is 10.3. The van der Waals surface area contributed by atoms with Gasteiger partial charge in [-0.15, -0.1) is 0 Å². The molecule has 2 N–H and O–H groups in total.